The molecule has 0 atom stereocenters. The average Bonchev–Trinajstić information content (AvgIpc) is 2.82. The summed E-state index contributed by atoms with van der Waals surface area (Å²) in [5.41, 5.74) is -0.0790. The van der Waals surface area contributed by atoms with Crippen molar-refractivity contribution >= 4 is 5.91 Å². The van der Waals surface area contributed by atoms with Crippen LogP contribution in [0, 0.1) is 11.3 Å². The molecule has 13 heavy (non-hydrogen) atoms. The molecule has 2 aliphatic rings. The first-order chi connectivity index (χ1) is 6.12. The SMILES string of the molecule is CC(C)(C(=O)N1CCCC1)C1CC1. The van der Waals surface area contributed by atoms with Gasteiger partial charge in [0, 0.05) is 18.5 Å². The Balaban J connectivity index is 2.01. The van der Waals surface area contributed by atoms with E-state index in [4.69, 9.17) is 0 Å². The molecule has 1 aliphatic heterocycles. The maximum absolute atomic E-state index is 12.1. The summed E-state index contributed by atoms with van der Waals surface area (Å²) < 4.78 is 0. The Labute approximate surface area is 80.3 Å². The molecular weight excluding hydrogens is 162 g/mol. The summed E-state index contributed by atoms with van der Waals surface area (Å²) >= 11 is 0. The van der Waals surface area contributed by atoms with Crippen molar-refractivity contribution in [2.75, 3.05) is 13.1 Å². The van der Waals surface area contributed by atoms with E-state index >= 15 is 0 Å². The summed E-state index contributed by atoms with van der Waals surface area (Å²) in [4.78, 5) is 14.1. The van der Waals surface area contributed by atoms with Gasteiger partial charge >= 0.3 is 0 Å². The van der Waals surface area contributed by atoms with Crippen molar-refractivity contribution < 1.29 is 4.79 Å². The van der Waals surface area contributed by atoms with E-state index in [1.54, 1.807) is 0 Å². The van der Waals surface area contributed by atoms with Gasteiger partial charge < -0.3 is 4.90 Å². The lowest BCUT2D eigenvalue weighted by Gasteiger charge is -2.29. The van der Waals surface area contributed by atoms with E-state index in [1.165, 1.54) is 25.7 Å². The number of amides is 1. The van der Waals surface area contributed by atoms with Crippen LogP contribution in [-0.4, -0.2) is 23.9 Å². The monoisotopic (exact) mass is 181 g/mol. The Hall–Kier alpha value is -0.530. The highest BCUT2D eigenvalue weighted by Crippen LogP contribution is 2.46. The van der Waals surface area contributed by atoms with Crippen molar-refractivity contribution in [3.05, 3.63) is 0 Å². The van der Waals surface area contributed by atoms with E-state index in [9.17, 15) is 4.79 Å². The van der Waals surface area contributed by atoms with Crippen molar-refractivity contribution in [2.24, 2.45) is 11.3 Å². The molecule has 0 N–H and O–H groups in total. The zero-order valence-corrected chi connectivity index (χ0v) is 8.68. The van der Waals surface area contributed by atoms with Gasteiger partial charge in [-0.15, -0.1) is 0 Å². The zero-order chi connectivity index (χ0) is 9.47. The number of carbonyl (C=O) groups excluding carboxylic acids is 1. The molecule has 1 saturated heterocycles. The lowest BCUT2D eigenvalue weighted by Crippen LogP contribution is -2.40. The minimum absolute atomic E-state index is 0.0790. The molecule has 0 spiro atoms. The molecule has 2 fully saturated rings. The van der Waals surface area contributed by atoms with Gasteiger partial charge in [-0.05, 0) is 31.6 Å². The first-order valence-corrected chi connectivity index (χ1v) is 5.42. The van der Waals surface area contributed by atoms with E-state index in [1.807, 2.05) is 0 Å². The van der Waals surface area contributed by atoms with Gasteiger partial charge in [-0.2, -0.15) is 0 Å². The van der Waals surface area contributed by atoms with Gasteiger partial charge in [0.2, 0.25) is 5.91 Å². The second kappa shape index (κ2) is 3.00. The van der Waals surface area contributed by atoms with Crippen LogP contribution in [0.25, 0.3) is 0 Å². The Bertz CT molecular complexity index is 212. The number of nitrogens with zero attached hydrogens (tertiary/aromatic N) is 1. The molecule has 1 amide bonds. The molecule has 0 aromatic heterocycles. The van der Waals surface area contributed by atoms with Gasteiger partial charge in [-0.1, -0.05) is 13.8 Å². The van der Waals surface area contributed by atoms with Gasteiger partial charge in [0.05, 0.1) is 0 Å². The topological polar surface area (TPSA) is 20.3 Å². The molecule has 1 saturated carbocycles. The number of rotatable bonds is 2. The molecule has 2 nitrogen and oxygen atoms in total. The second-order valence-corrected chi connectivity index (χ2v) is 5.00. The third-order valence-corrected chi connectivity index (χ3v) is 3.54. The highest BCUT2D eigenvalue weighted by Gasteiger charge is 2.45. The van der Waals surface area contributed by atoms with Crippen molar-refractivity contribution in [1.82, 2.24) is 4.90 Å². The van der Waals surface area contributed by atoms with Crippen LogP contribution in [0.3, 0.4) is 0 Å². The Morgan fingerprint density at radius 3 is 2.23 bits per heavy atom. The van der Waals surface area contributed by atoms with Crippen molar-refractivity contribution in [3.8, 4) is 0 Å². The third kappa shape index (κ3) is 1.59. The van der Waals surface area contributed by atoms with E-state index in [0.29, 0.717) is 11.8 Å². The number of hydrogen-bond acceptors (Lipinski definition) is 1. The van der Waals surface area contributed by atoms with Crippen LogP contribution in [0.15, 0.2) is 0 Å². The van der Waals surface area contributed by atoms with E-state index in [2.05, 4.69) is 18.7 Å². The standard InChI is InChI=1S/C11H19NO/c1-11(2,9-5-6-9)10(13)12-7-3-4-8-12/h9H,3-8H2,1-2H3. The molecule has 1 aliphatic carbocycles. The summed E-state index contributed by atoms with van der Waals surface area (Å²) in [6.07, 6.45) is 4.91. The Morgan fingerprint density at radius 2 is 1.77 bits per heavy atom. The van der Waals surface area contributed by atoms with Crippen LogP contribution in [0.2, 0.25) is 0 Å². The smallest absolute Gasteiger partial charge is 0.228 e. The van der Waals surface area contributed by atoms with Crippen LogP contribution in [-0.2, 0) is 4.79 Å². The van der Waals surface area contributed by atoms with E-state index in [-0.39, 0.29) is 5.41 Å². The highest BCUT2D eigenvalue weighted by molar-refractivity contribution is 5.82. The fraction of sp³-hybridized carbons (Fsp3) is 0.909. The lowest BCUT2D eigenvalue weighted by atomic mass is 9.86. The number of likely N-dealkylation sites (tertiary alicyclic amines) is 1. The molecule has 0 aromatic carbocycles. The minimum atomic E-state index is -0.0790. The number of carbonyl (C=O) groups is 1. The molecule has 0 unspecified atom stereocenters. The van der Waals surface area contributed by atoms with E-state index < -0.39 is 0 Å². The summed E-state index contributed by atoms with van der Waals surface area (Å²) in [5, 5.41) is 0. The fourth-order valence-corrected chi connectivity index (χ4v) is 2.31. The first-order valence-electron chi connectivity index (χ1n) is 5.42. The Morgan fingerprint density at radius 1 is 1.23 bits per heavy atom. The normalized spacial score (nSPS) is 23.7. The average molecular weight is 181 g/mol. The summed E-state index contributed by atoms with van der Waals surface area (Å²) in [6.45, 7) is 6.22. The van der Waals surface area contributed by atoms with Gasteiger partial charge in [-0.3, -0.25) is 4.79 Å². The second-order valence-electron chi connectivity index (χ2n) is 5.00. The van der Waals surface area contributed by atoms with Gasteiger partial charge in [0.25, 0.3) is 0 Å². The van der Waals surface area contributed by atoms with Crippen LogP contribution < -0.4 is 0 Å². The summed E-state index contributed by atoms with van der Waals surface area (Å²) in [5.74, 6) is 1.06. The quantitative estimate of drug-likeness (QED) is 0.638. The maximum atomic E-state index is 12.1. The maximum Gasteiger partial charge on any atom is 0.228 e. The van der Waals surface area contributed by atoms with Gasteiger partial charge in [-0.25, -0.2) is 0 Å². The van der Waals surface area contributed by atoms with Crippen LogP contribution >= 0.6 is 0 Å². The van der Waals surface area contributed by atoms with Gasteiger partial charge in [0.1, 0.15) is 0 Å². The largest absolute Gasteiger partial charge is 0.342 e. The Kier molecular flexibility index (Phi) is 2.09. The first kappa shape index (κ1) is 9.04. The molecule has 0 aromatic rings. The molecule has 2 rings (SSSR count). The van der Waals surface area contributed by atoms with Crippen LogP contribution in [0.1, 0.15) is 39.5 Å². The fourth-order valence-electron chi connectivity index (χ4n) is 2.31. The summed E-state index contributed by atoms with van der Waals surface area (Å²) in [7, 11) is 0. The van der Waals surface area contributed by atoms with E-state index in [0.717, 1.165) is 13.1 Å². The predicted octanol–water partition coefficient (Wildman–Crippen LogP) is 2.04. The predicted molar refractivity (Wildman–Crippen MR) is 52.3 cm³/mol. The van der Waals surface area contributed by atoms with Crippen molar-refractivity contribution in [1.29, 1.82) is 0 Å². The molecule has 74 valence electrons. The number of hydrogen-bond donors (Lipinski definition) is 0. The van der Waals surface area contributed by atoms with Crippen LogP contribution in [0.4, 0.5) is 0 Å². The molecular formula is C11H19NO. The third-order valence-electron chi connectivity index (χ3n) is 3.54. The van der Waals surface area contributed by atoms with Crippen LogP contribution in [0.5, 0.6) is 0 Å². The molecule has 1 heterocycles. The molecule has 0 radical (unpaired) electrons. The van der Waals surface area contributed by atoms with Crippen molar-refractivity contribution in [3.63, 3.8) is 0 Å². The lowest BCUT2D eigenvalue weighted by molar-refractivity contribution is -0.140. The zero-order valence-electron chi connectivity index (χ0n) is 8.68. The minimum Gasteiger partial charge on any atom is -0.342 e. The summed E-state index contributed by atoms with van der Waals surface area (Å²) in [6, 6.07) is 0. The van der Waals surface area contributed by atoms with Crippen molar-refractivity contribution in [2.45, 2.75) is 39.5 Å². The molecule has 2 heteroatoms. The molecule has 0 bridgehead atoms. The van der Waals surface area contributed by atoms with Gasteiger partial charge in [0.15, 0.2) is 0 Å². The highest BCUT2D eigenvalue weighted by atomic mass is 16.2.